The molecule has 2 aromatic rings. The zero-order chi connectivity index (χ0) is 87.3. The van der Waals surface area contributed by atoms with Gasteiger partial charge in [-0.05, 0) is 106 Å². The molecule has 0 aromatic heterocycles. The Hall–Kier alpha value is -7.82. The van der Waals surface area contributed by atoms with Crippen LogP contribution in [0.4, 0.5) is 21.0 Å². The number of urea groups is 2. The Morgan fingerprint density at radius 3 is 1.18 bits per heavy atom. The number of nitrogens with one attached hydrogen (secondary N) is 7. The van der Waals surface area contributed by atoms with Gasteiger partial charge < -0.3 is 88.3 Å². The number of hydrogen-bond acceptors (Lipinski definition) is 29. The minimum Gasteiger partial charge on any atom is -0.481 e. The van der Waals surface area contributed by atoms with E-state index in [0.29, 0.717) is 172 Å². The normalized spacial score (nSPS) is 21.9. The highest BCUT2D eigenvalue weighted by Gasteiger charge is 2.44. The first-order valence-electron chi connectivity index (χ1n) is 40.8. The van der Waals surface area contributed by atoms with Crippen LogP contribution in [0.15, 0.2) is 48.5 Å². The molecule has 18 N–H and O–H groups in total. The Balaban J connectivity index is 0.000000412. The minimum absolute atomic E-state index is 0.0373. The highest BCUT2D eigenvalue weighted by atomic mass is 32.2. The van der Waals surface area contributed by atoms with E-state index in [2.05, 4.69) is 56.8 Å². The average molecular weight is 1720 g/mol. The fourth-order valence-electron chi connectivity index (χ4n) is 14.9. The third-order valence-corrected chi connectivity index (χ3v) is 24.2. The average Bonchev–Trinajstić information content (AvgIpc) is 1.69. The lowest BCUT2D eigenvalue weighted by Crippen LogP contribution is -2.53. The molecule has 6 aliphatic heterocycles. The molecule has 7 amide bonds. The summed E-state index contributed by atoms with van der Waals surface area (Å²) in [6.45, 7) is 10.9. The first-order chi connectivity index (χ1) is 57.4. The summed E-state index contributed by atoms with van der Waals surface area (Å²) in [5.74, 6) is -2.95. The van der Waals surface area contributed by atoms with Crippen molar-refractivity contribution in [3.8, 4) is 0 Å². The van der Waals surface area contributed by atoms with Gasteiger partial charge in [-0.3, -0.25) is 88.1 Å². The predicted molar refractivity (Wildman–Crippen MR) is 448 cm³/mol. The number of nitrogens with zero attached hydrogens (tertiary/aromatic N) is 8. The first kappa shape index (κ1) is 104. The fourth-order valence-corrected chi connectivity index (χ4v) is 18.0. The lowest BCUT2D eigenvalue weighted by Gasteiger charge is -2.38. The molecule has 6 heterocycles. The Bertz CT molecular complexity index is 3300. The van der Waals surface area contributed by atoms with E-state index in [1.54, 1.807) is 26.8 Å². The fraction of sp³-hybridized carbons (Fsp3) is 0.692. The second kappa shape index (κ2) is 60.6. The molecule has 8 unspecified atom stereocenters. The number of aliphatic hydroxyl groups is 2. The molecule has 2 aromatic carbocycles. The number of carbonyl (C=O) groups excluding carboxylic acids is 7. The number of rotatable bonds is 43. The number of aliphatic carboxylic acids is 5. The van der Waals surface area contributed by atoms with Crippen LogP contribution in [-0.2, 0) is 70.6 Å². The van der Waals surface area contributed by atoms with Gasteiger partial charge in [0.25, 0.3) is 0 Å². The van der Waals surface area contributed by atoms with Crippen LogP contribution >= 0.6 is 23.5 Å². The molecule has 8 atom stereocenters. The number of aliphatic hydroxyl groups excluding tert-OH is 2. The molecule has 41 heteroatoms. The van der Waals surface area contributed by atoms with Crippen molar-refractivity contribution in [2.24, 2.45) is 5.73 Å². The summed E-state index contributed by atoms with van der Waals surface area (Å²) in [6, 6.07) is 14.8. The highest BCUT2D eigenvalue weighted by molar-refractivity contribution is 8.00. The highest BCUT2D eigenvalue weighted by Crippen LogP contribution is 2.35. The molecule has 39 nitrogen and oxygen atoms in total. The van der Waals surface area contributed by atoms with Crippen molar-refractivity contribution < 1.29 is 114 Å². The lowest BCUT2D eigenvalue weighted by atomic mass is 10.0. The van der Waals surface area contributed by atoms with Gasteiger partial charge in [0.2, 0.25) is 17.7 Å². The number of thioether (sulfide) groups is 2. The summed E-state index contributed by atoms with van der Waals surface area (Å²) in [5, 5.41) is 106. The van der Waals surface area contributed by atoms with Gasteiger partial charge in [-0.2, -0.15) is 23.5 Å². The third-order valence-electron chi connectivity index (χ3n) is 21.2. The first-order valence-corrected chi connectivity index (χ1v) is 42.9. The summed E-state index contributed by atoms with van der Waals surface area (Å²) in [4.78, 5) is 157. The van der Waals surface area contributed by atoms with Crippen molar-refractivity contribution in [3.63, 3.8) is 0 Å². The number of benzene rings is 2. The van der Waals surface area contributed by atoms with Gasteiger partial charge in [0.1, 0.15) is 13.6 Å². The Kier molecular flexibility index (Phi) is 52.7. The van der Waals surface area contributed by atoms with Gasteiger partial charge in [-0.15, -0.1) is 0 Å². The number of amides is 7. The number of fused-ring (bicyclic) bond motifs is 2. The van der Waals surface area contributed by atoms with Crippen molar-refractivity contribution in [1.82, 2.24) is 65.8 Å². The van der Waals surface area contributed by atoms with Crippen LogP contribution in [0.25, 0.3) is 0 Å². The molecule has 672 valence electrons. The quantitative estimate of drug-likeness (QED) is 0.0191. The summed E-state index contributed by atoms with van der Waals surface area (Å²) in [7, 11) is 0. The molecule has 0 spiro atoms. The molecule has 119 heavy (non-hydrogen) atoms. The van der Waals surface area contributed by atoms with E-state index in [1.807, 2.05) is 88.2 Å². The molecule has 0 radical (unpaired) electrons. The van der Waals surface area contributed by atoms with Crippen LogP contribution in [0.2, 0.25) is 0 Å². The standard InChI is InChI=1S/C37H60N8O9S.C29H50N6O9.C10H16N2O3S.2CH2O/c46-25-42-14-15-43(26-47)18-19-45(23-35(52)53)29(21-44(17-16-42)22-34(50)51)20-27-9-11-28(12-10-27)39-33(49)8-2-1-5-13-38-32(48)7-4-3-6-31-36-30(24-55-31)40-37(54)41-36;30-9-3-1-2-4-27(36)31-25-7-5-24(6-8-25)20-26-21-34(22-28(37)38)13-12-32(16-18-43-41)10-11-33(17-19-44-42)14-15-35(26)23-29(39)40;13-8(14)4-2-1-3-7-9-6(5-16-7)11-10(15)12-9;2*1-2/h9-12,29-31,36,46-47H,1-8,13-26H2,(H,38,48)(H,39,49)(H,50,51)(H,52,53)(H2,40,41,54);5-8,26,41-42H,1-4,9-23,30H2,(H,31,36)(H,37,38)(H,39,40);6-7,9H,1-5H2,(H,13,14)(H2,11,12,15);2*1H2. The zero-order valence-electron chi connectivity index (χ0n) is 68.4. The largest absolute Gasteiger partial charge is 0.481 e. The molecule has 6 saturated heterocycles. The second-order valence-corrected chi connectivity index (χ2v) is 32.5. The van der Waals surface area contributed by atoms with Crippen LogP contribution in [-0.4, -0.2) is 388 Å². The molecule has 0 bridgehead atoms. The van der Waals surface area contributed by atoms with Crippen molar-refractivity contribution in [2.45, 2.75) is 162 Å². The molecule has 0 saturated carbocycles. The van der Waals surface area contributed by atoms with Gasteiger partial charge >= 0.3 is 41.9 Å². The van der Waals surface area contributed by atoms with Crippen molar-refractivity contribution in [3.05, 3.63) is 59.7 Å². The third kappa shape index (κ3) is 43.0. The van der Waals surface area contributed by atoms with E-state index in [1.165, 1.54) is 0 Å². The van der Waals surface area contributed by atoms with Gasteiger partial charge in [0.15, 0.2) is 0 Å². The summed E-state index contributed by atoms with van der Waals surface area (Å²) >= 11 is 3.75. The number of hydrogen-bond donors (Lipinski definition) is 17. The topological polar surface area (TPSA) is 542 Å². The van der Waals surface area contributed by atoms with E-state index >= 15 is 0 Å². The van der Waals surface area contributed by atoms with Crippen LogP contribution in [0.5, 0.6) is 0 Å². The number of nitrogens with two attached hydrogens (primary N) is 1. The molecule has 8 rings (SSSR count). The number of carbonyl (C=O) groups is 12. The minimum atomic E-state index is -1.01. The predicted octanol–water partition coefficient (Wildman–Crippen LogP) is 1.08. The molecule has 0 aliphatic carbocycles. The maximum atomic E-state index is 12.7. The summed E-state index contributed by atoms with van der Waals surface area (Å²) in [5.41, 5.74) is 8.62. The van der Waals surface area contributed by atoms with Crippen molar-refractivity contribution in [2.75, 3.05) is 193 Å². The maximum Gasteiger partial charge on any atom is 0.317 e. The zero-order valence-corrected chi connectivity index (χ0v) is 70.0. The molecule has 6 aliphatic rings. The second-order valence-electron chi connectivity index (χ2n) is 29.9. The Morgan fingerprint density at radius 2 is 0.798 bits per heavy atom. The number of anilines is 2. The number of carboxylic acids is 5. The number of carboxylic acid groups (broad SMARTS) is 5. The molecule has 6 fully saturated rings. The van der Waals surface area contributed by atoms with Crippen LogP contribution in [0.3, 0.4) is 0 Å². The van der Waals surface area contributed by atoms with E-state index in [-0.39, 0.29) is 132 Å². The summed E-state index contributed by atoms with van der Waals surface area (Å²) < 4.78 is 0. The molecular formula is C78H130N16O23S2. The number of unbranched alkanes of at least 4 members (excludes halogenated alkanes) is 6. The van der Waals surface area contributed by atoms with Gasteiger partial charge in [0, 0.05) is 182 Å². The van der Waals surface area contributed by atoms with Crippen LogP contribution < -0.4 is 43.0 Å². The van der Waals surface area contributed by atoms with Gasteiger partial charge in [-0.1, -0.05) is 49.9 Å². The van der Waals surface area contributed by atoms with Gasteiger partial charge in [0.05, 0.1) is 77.0 Å². The smallest absolute Gasteiger partial charge is 0.317 e. The van der Waals surface area contributed by atoms with Crippen LogP contribution in [0, 0.1) is 0 Å². The van der Waals surface area contributed by atoms with E-state index < -0.39 is 29.8 Å². The maximum absolute atomic E-state index is 12.7. The lowest BCUT2D eigenvalue weighted by molar-refractivity contribution is -0.245. The monoisotopic (exact) mass is 1720 g/mol. The SMILES string of the molecule is C=O.C=O.NCCCCCC(=O)Nc1ccc(CC2CN(CC(=O)O)CCN(CCOO)CCN(CCOO)CCN2CC(=O)O)cc1.O=C(O)CCCCC1SCC2NC(=O)NC21.O=C(O)CN1CCN(CO)CCN(CO)CCN(CC(=O)O)C(Cc2ccc(NC(=O)CCCCCNC(=O)CCCCC3SCC4NC(=O)NC43)cc2)C1. The van der Waals surface area contributed by atoms with E-state index in [4.69, 9.17) is 30.9 Å². The van der Waals surface area contributed by atoms with E-state index in [9.17, 15) is 78.6 Å². The van der Waals surface area contributed by atoms with Crippen molar-refractivity contribution in [1.29, 1.82) is 0 Å². The Morgan fingerprint density at radius 1 is 0.437 bits per heavy atom. The van der Waals surface area contributed by atoms with Crippen molar-refractivity contribution >= 4 is 108 Å². The van der Waals surface area contributed by atoms with Crippen LogP contribution in [0.1, 0.15) is 114 Å². The summed E-state index contributed by atoms with van der Waals surface area (Å²) in [6.07, 6.45) is 12.6. The molecular weight excluding hydrogens is 1590 g/mol. The van der Waals surface area contributed by atoms with E-state index in [0.717, 1.165) is 93.3 Å². The van der Waals surface area contributed by atoms with Gasteiger partial charge in [-0.25, -0.2) is 19.4 Å². The Labute approximate surface area is 704 Å².